The van der Waals surface area contributed by atoms with E-state index < -0.39 is 11.3 Å². The molecule has 4 aromatic rings. The molecule has 0 bridgehead atoms. The molecule has 1 unspecified atom stereocenters. The second-order valence-electron chi connectivity index (χ2n) is 10.0. The first-order valence-corrected chi connectivity index (χ1v) is 13.1. The fourth-order valence-corrected chi connectivity index (χ4v) is 4.94. The van der Waals surface area contributed by atoms with Crippen molar-refractivity contribution in [1.82, 2.24) is 14.5 Å². The number of hydrogen-bond donors (Lipinski definition) is 0. The lowest BCUT2D eigenvalue weighted by molar-refractivity contribution is -0.389. The van der Waals surface area contributed by atoms with Crippen molar-refractivity contribution in [3.05, 3.63) is 99.7 Å². The predicted molar refractivity (Wildman–Crippen MR) is 142 cm³/mol. The summed E-state index contributed by atoms with van der Waals surface area (Å²) in [6.45, 7) is 3.17. The second kappa shape index (κ2) is 11.2. The van der Waals surface area contributed by atoms with Gasteiger partial charge in [0.05, 0.1) is 0 Å². The molecule has 0 saturated carbocycles. The highest BCUT2D eigenvalue weighted by atomic mass is 19.4. The molecule has 10 nitrogen and oxygen atoms in total. The van der Waals surface area contributed by atoms with E-state index in [0.29, 0.717) is 31.1 Å². The van der Waals surface area contributed by atoms with Gasteiger partial charge in [0.2, 0.25) is 0 Å². The molecule has 2 aliphatic rings. The number of nitrogens with zero attached hydrogens (tertiary/aromatic N) is 4. The zero-order valence-corrected chi connectivity index (χ0v) is 22.1. The highest BCUT2D eigenvalue weighted by molar-refractivity contribution is 5.39. The maximum atomic E-state index is 12.3. The minimum Gasteiger partial charge on any atom is -0.490 e. The summed E-state index contributed by atoms with van der Waals surface area (Å²) in [7, 11) is 0. The Morgan fingerprint density at radius 1 is 0.952 bits per heavy atom. The molecule has 2 aliphatic heterocycles. The zero-order valence-electron chi connectivity index (χ0n) is 22.1. The van der Waals surface area contributed by atoms with Crippen LogP contribution in [0.4, 0.5) is 19.0 Å². The summed E-state index contributed by atoms with van der Waals surface area (Å²) >= 11 is 0. The first-order valence-electron chi connectivity index (χ1n) is 13.1. The normalized spacial score (nSPS) is 16.3. The van der Waals surface area contributed by atoms with Crippen molar-refractivity contribution in [2.24, 2.45) is 0 Å². The number of nitro groups is 1. The second-order valence-corrected chi connectivity index (χ2v) is 10.0. The summed E-state index contributed by atoms with van der Waals surface area (Å²) in [5, 5.41) is 11.0. The van der Waals surface area contributed by atoms with Gasteiger partial charge in [-0.3, -0.25) is 9.47 Å². The molecule has 42 heavy (non-hydrogen) atoms. The van der Waals surface area contributed by atoms with Crippen LogP contribution >= 0.6 is 0 Å². The Kier molecular flexibility index (Phi) is 7.33. The average molecular weight is 583 g/mol. The average Bonchev–Trinajstić information content (AvgIpc) is 3.56. The molecule has 3 heterocycles. The van der Waals surface area contributed by atoms with Crippen molar-refractivity contribution in [1.29, 1.82) is 0 Å². The van der Waals surface area contributed by atoms with Crippen LogP contribution in [0.2, 0.25) is 0 Å². The largest absolute Gasteiger partial charge is 0.573 e. The molecule has 6 rings (SSSR count). The van der Waals surface area contributed by atoms with E-state index in [1.165, 1.54) is 41.6 Å². The Bertz CT molecular complexity index is 1570. The lowest BCUT2D eigenvalue weighted by Gasteiger charge is -2.22. The van der Waals surface area contributed by atoms with Gasteiger partial charge >= 0.3 is 18.2 Å². The topological polar surface area (TPSA) is 101 Å². The Balaban J connectivity index is 0.986. The number of aromatic nitrogens is 2. The minimum atomic E-state index is -4.74. The van der Waals surface area contributed by atoms with Crippen molar-refractivity contribution in [2.45, 2.75) is 45.1 Å². The van der Waals surface area contributed by atoms with Crippen LogP contribution in [0.1, 0.15) is 23.1 Å². The molecule has 13 heteroatoms. The smallest absolute Gasteiger partial charge is 0.490 e. The Morgan fingerprint density at radius 2 is 1.62 bits per heavy atom. The van der Waals surface area contributed by atoms with Gasteiger partial charge in [0.1, 0.15) is 41.9 Å². The van der Waals surface area contributed by atoms with E-state index in [1.54, 1.807) is 4.57 Å². The summed E-state index contributed by atoms with van der Waals surface area (Å²) in [5.41, 5.74) is 3.50. The number of fused-ring (bicyclic) bond motifs is 2. The van der Waals surface area contributed by atoms with Gasteiger partial charge in [0.15, 0.2) is 0 Å². The molecule has 218 valence electrons. The van der Waals surface area contributed by atoms with Crippen molar-refractivity contribution in [3.63, 3.8) is 0 Å². The van der Waals surface area contributed by atoms with Gasteiger partial charge in [-0.05, 0) is 70.1 Å². The van der Waals surface area contributed by atoms with E-state index in [9.17, 15) is 23.3 Å². The number of alkyl halides is 3. The van der Waals surface area contributed by atoms with E-state index >= 15 is 0 Å². The fraction of sp³-hybridized carbons (Fsp3) is 0.276. The third kappa shape index (κ3) is 6.57. The Hall–Kier alpha value is -4.78. The van der Waals surface area contributed by atoms with E-state index in [0.717, 1.165) is 30.9 Å². The van der Waals surface area contributed by atoms with Crippen LogP contribution in [0, 0.1) is 10.1 Å². The van der Waals surface area contributed by atoms with Gasteiger partial charge in [0.25, 0.3) is 0 Å². The Morgan fingerprint density at radius 3 is 2.33 bits per heavy atom. The van der Waals surface area contributed by atoms with Gasteiger partial charge in [-0.1, -0.05) is 18.2 Å². The predicted octanol–water partition coefficient (Wildman–Crippen LogP) is 6.23. The minimum absolute atomic E-state index is 0.230. The number of benzene rings is 3. The summed E-state index contributed by atoms with van der Waals surface area (Å²) in [6, 6.07) is 19.1. The number of hydrogen-bond acceptors (Lipinski definition) is 8. The molecular weight excluding hydrogens is 557 g/mol. The van der Waals surface area contributed by atoms with Gasteiger partial charge in [0, 0.05) is 37.6 Å². The van der Waals surface area contributed by atoms with Crippen LogP contribution in [0.3, 0.4) is 0 Å². The molecular formula is C29H25F3N4O6. The molecule has 0 amide bonds. The standard InChI is InChI=1S/C29H25F3N4O6/c30-29(31,32)42-24-9-7-23(8-10-24)40-22-4-1-19(2-5-22)14-34-15-20-3-6-25(13-21(20)16-34)39-18-26-11-12-35-17-27(36(37)38)33-28(35)41-26/h1-10,13,17,26H,11-12,14-16,18H2. The maximum absolute atomic E-state index is 12.3. The molecule has 0 fully saturated rings. The van der Waals surface area contributed by atoms with Crippen molar-refractivity contribution in [3.8, 4) is 29.0 Å². The molecule has 0 spiro atoms. The first-order chi connectivity index (χ1) is 20.2. The van der Waals surface area contributed by atoms with Crippen LogP contribution in [-0.4, -0.2) is 38.4 Å². The van der Waals surface area contributed by atoms with E-state index in [2.05, 4.69) is 20.7 Å². The summed E-state index contributed by atoms with van der Waals surface area (Å²) in [6.07, 6.45) is -2.95. The van der Waals surface area contributed by atoms with Gasteiger partial charge in [-0.15, -0.1) is 13.2 Å². The van der Waals surface area contributed by atoms with Gasteiger partial charge < -0.3 is 29.1 Å². The summed E-state index contributed by atoms with van der Waals surface area (Å²) in [5.74, 6) is 1.16. The highest BCUT2D eigenvalue weighted by Gasteiger charge is 2.31. The Labute approximate surface area is 238 Å². The number of rotatable bonds is 9. The quantitative estimate of drug-likeness (QED) is 0.169. The molecule has 0 aliphatic carbocycles. The highest BCUT2D eigenvalue weighted by Crippen LogP contribution is 2.31. The zero-order chi connectivity index (χ0) is 29.3. The lowest BCUT2D eigenvalue weighted by Crippen LogP contribution is -2.31. The van der Waals surface area contributed by atoms with Crippen LogP contribution in [0.15, 0.2) is 72.9 Å². The molecule has 1 atom stereocenters. The number of aryl methyl sites for hydroxylation is 1. The monoisotopic (exact) mass is 582 g/mol. The number of ether oxygens (including phenoxy) is 4. The third-order valence-electron chi connectivity index (χ3n) is 6.90. The number of halogens is 3. The third-order valence-corrected chi connectivity index (χ3v) is 6.90. The molecule has 3 aromatic carbocycles. The lowest BCUT2D eigenvalue weighted by atomic mass is 10.1. The van der Waals surface area contributed by atoms with E-state index in [4.69, 9.17) is 14.2 Å². The molecule has 0 radical (unpaired) electrons. The molecule has 0 saturated heterocycles. The van der Waals surface area contributed by atoms with Gasteiger partial charge in [-0.25, -0.2) is 0 Å². The van der Waals surface area contributed by atoms with Crippen LogP contribution in [0.5, 0.6) is 29.0 Å². The van der Waals surface area contributed by atoms with Crippen molar-refractivity contribution < 1.29 is 37.0 Å². The van der Waals surface area contributed by atoms with Crippen LogP contribution in [0.25, 0.3) is 0 Å². The van der Waals surface area contributed by atoms with Crippen molar-refractivity contribution in [2.75, 3.05) is 6.61 Å². The van der Waals surface area contributed by atoms with Crippen LogP contribution < -0.4 is 18.9 Å². The van der Waals surface area contributed by atoms with E-state index in [1.807, 2.05) is 36.4 Å². The van der Waals surface area contributed by atoms with Gasteiger partial charge in [-0.2, -0.15) is 0 Å². The first kappa shape index (κ1) is 27.4. The molecule has 1 aromatic heterocycles. The fourth-order valence-electron chi connectivity index (χ4n) is 4.94. The van der Waals surface area contributed by atoms with E-state index in [-0.39, 0.29) is 23.7 Å². The maximum Gasteiger partial charge on any atom is 0.573 e. The molecule has 0 N–H and O–H groups in total. The summed E-state index contributed by atoms with van der Waals surface area (Å²) < 4.78 is 60.0. The SMILES string of the molecule is O=[N+]([O-])c1cn2c(n1)OC(COc1ccc3c(c1)CN(Cc1ccc(Oc4ccc(OC(F)(F)F)cc4)cc1)C3)CC2. The van der Waals surface area contributed by atoms with Crippen molar-refractivity contribution >= 4 is 5.82 Å². The summed E-state index contributed by atoms with van der Waals surface area (Å²) in [4.78, 5) is 16.6. The number of imidazole rings is 1. The van der Waals surface area contributed by atoms with Crippen LogP contribution in [-0.2, 0) is 26.2 Å².